The van der Waals surface area contributed by atoms with Gasteiger partial charge in [-0.05, 0) is 90.9 Å². The van der Waals surface area contributed by atoms with E-state index in [2.05, 4.69) is 0 Å². The minimum atomic E-state index is -3.48. The van der Waals surface area contributed by atoms with E-state index in [1.54, 1.807) is 13.8 Å². The summed E-state index contributed by atoms with van der Waals surface area (Å²) in [6, 6.07) is 0. The summed E-state index contributed by atoms with van der Waals surface area (Å²) in [4.78, 5) is 55.5. The van der Waals surface area contributed by atoms with Gasteiger partial charge in [-0.15, -0.1) is 0 Å². The topological polar surface area (TPSA) is 183 Å². The Kier molecular flexibility index (Phi) is 18.0. The van der Waals surface area contributed by atoms with E-state index >= 15 is 0 Å². The van der Waals surface area contributed by atoms with E-state index in [-0.39, 0.29) is 66.8 Å². The predicted molar refractivity (Wildman–Crippen MR) is 215 cm³/mol. The Morgan fingerprint density at radius 3 is 1.28 bits per heavy atom. The molecule has 0 aromatic carbocycles. The van der Waals surface area contributed by atoms with Crippen LogP contribution in [0.4, 0.5) is 0 Å². The van der Waals surface area contributed by atoms with Gasteiger partial charge in [0.25, 0.3) is 0 Å². The number of allylic oxidation sites excluding steroid dienone is 8. The maximum absolute atomic E-state index is 14.4. The molecule has 0 saturated carbocycles. The molecule has 14 nitrogen and oxygen atoms in total. The molecule has 0 aromatic heterocycles. The number of cyclic esters (lactones) is 2. The van der Waals surface area contributed by atoms with E-state index in [4.69, 9.17) is 37.6 Å². The Balaban J connectivity index is 0.00000683. The zero-order valence-corrected chi connectivity index (χ0v) is 38.1. The van der Waals surface area contributed by atoms with Crippen molar-refractivity contribution in [1.82, 2.24) is 0 Å². The summed E-state index contributed by atoms with van der Waals surface area (Å²) in [6.45, 7) is 3.76. The van der Waals surface area contributed by atoms with E-state index in [0.29, 0.717) is 77.0 Å². The number of hydrogen-bond acceptors (Lipinski definition) is 14. The molecule has 6 aliphatic heterocycles. The van der Waals surface area contributed by atoms with Crippen LogP contribution in [0.25, 0.3) is 0 Å². The molecular formula is C44H64BNaO14. The van der Waals surface area contributed by atoms with Gasteiger partial charge in [-0.1, -0.05) is 62.5 Å². The van der Waals surface area contributed by atoms with Crippen molar-refractivity contribution in [3.05, 3.63) is 48.6 Å². The molecule has 60 heavy (non-hydrogen) atoms. The molecule has 12 unspecified atom stereocenters. The third-order valence-corrected chi connectivity index (χ3v) is 12.4. The molecule has 2 N–H and O–H groups in total. The molecule has 0 aliphatic carbocycles. The Bertz CT molecular complexity index is 1500. The number of esters is 2. The molecule has 0 aromatic rings. The van der Waals surface area contributed by atoms with E-state index in [1.165, 1.54) is 0 Å². The van der Waals surface area contributed by atoms with Gasteiger partial charge in [0.15, 0.2) is 23.8 Å². The zero-order chi connectivity index (χ0) is 42.2. The fraction of sp³-hybridized carbons (Fsp3) is 0.727. The van der Waals surface area contributed by atoms with Crippen molar-refractivity contribution in [2.45, 2.75) is 191 Å². The quantitative estimate of drug-likeness (QED) is 0.268. The second kappa shape index (κ2) is 22.1. The Morgan fingerprint density at radius 2 is 0.900 bits per heavy atom. The number of hydrogen-bond donors (Lipinski definition) is 2. The number of ether oxygens (including phenoxy) is 4. The second-order valence-corrected chi connectivity index (χ2v) is 17.4. The second-order valence-electron chi connectivity index (χ2n) is 17.4. The van der Waals surface area contributed by atoms with E-state index < -0.39 is 91.1 Å². The predicted octanol–water partition coefficient (Wildman–Crippen LogP) is 2.94. The van der Waals surface area contributed by atoms with Gasteiger partial charge in [-0.25, -0.2) is 9.59 Å². The number of Topliss-reactive ketones (excluding diaryl/α,β-unsaturated/α-hetero) is 2. The van der Waals surface area contributed by atoms with Crippen molar-refractivity contribution in [2.24, 2.45) is 11.8 Å². The van der Waals surface area contributed by atoms with E-state index in [1.807, 2.05) is 62.5 Å². The van der Waals surface area contributed by atoms with Gasteiger partial charge in [-0.3, -0.25) is 9.59 Å². The molecule has 7 bridgehead atoms. The number of carbonyl (C=O) groups excluding carboxylic acids is 4. The van der Waals surface area contributed by atoms with Gasteiger partial charge in [0.05, 0.1) is 36.6 Å². The molecule has 3 spiro atoms. The van der Waals surface area contributed by atoms with Crippen molar-refractivity contribution < 1.29 is 96.5 Å². The Labute approximate surface area is 376 Å². The van der Waals surface area contributed by atoms with Gasteiger partial charge in [0.2, 0.25) is 0 Å². The third-order valence-electron chi connectivity index (χ3n) is 12.4. The number of rotatable bonds is 0. The molecule has 6 aliphatic rings. The van der Waals surface area contributed by atoms with Gasteiger partial charge in [-0.2, -0.15) is 0 Å². The zero-order valence-electron chi connectivity index (χ0n) is 36.1. The average molecular weight is 851 g/mol. The van der Waals surface area contributed by atoms with Crippen molar-refractivity contribution in [1.29, 1.82) is 0 Å². The summed E-state index contributed by atoms with van der Waals surface area (Å²) in [7, 11) is 0. The fourth-order valence-corrected chi connectivity index (χ4v) is 9.05. The van der Waals surface area contributed by atoms with Crippen molar-refractivity contribution >= 4 is 30.5 Å². The van der Waals surface area contributed by atoms with Crippen LogP contribution in [0.3, 0.4) is 0 Å². The van der Waals surface area contributed by atoms with E-state index in [9.17, 15) is 29.4 Å². The largest absolute Gasteiger partial charge is 1.00 e. The maximum Gasteiger partial charge on any atom is 1.00 e. The minimum absolute atomic E-state index is 0. The normalized spacial score (nSPS) is 44.0. The Morgan fingerprint density at radius 1 is 0.533 bits per heavy atom. The minimum Gasteiger partial charge on any atom is -0.504 e. The number of carbonyl (C=O) groups is 4. The molecular weight excluding hydrogens is 786 g/mol. The smallest absolute Gasteiger partial charge is 0.504 e. The molecule has 6 heterocycles. The van der Waals surface area contributed by atoms with Crippen molar-refractivity contribution in [3.8, 4) is 0 Å². The first-order valence-electron chi connectivity index (χ1n) is 21.9. The van der Waals surface area contributed by atoms with E-state index in [0.717, 1.165) is 0 Å². The maximum atomic E-state index is 14.4. The summed E-state index contributed by atoms with van der Waals surface area (Å²) in [5.74, 6) is -6.76. The molecule has 4 saturated heterocycles. The monoisotopic (exact) mass is 850 g/mol. The number of ketones is 2. The number of fused-ring (bicyclic) bond motifs is 4. The fourth-order valence-electron chi connectivity index (χ4n) is 9.05. The van der Waals surface area contributed by atoms with Crippen LogP contribution in [0.15, 0.2) is 48.6 Å². The van der Waals surface area contributed by atoms with Gasteiger partial charge >= 0.3 is 48.5 Å². The van der Waals surface area contributed by atoms with Gasteiger partial charge in [0.1, 0.15) is 11.6 Å². The Hall–Kier alpha value is -2.02. The number of aliphatic hydroxyl groups is 2. The molecule has 0 radical (unpaired) electrons. The van der Waals surface area contributed by atoms with Crippen LogP contribution >= 0.6 is 0 Å². The van der Waals surface area contributed by atoms with Gasteiger partial charge in [0, 0.05) is 37.5 Å². The van der Waals surface area contributed by atoms with Gasteiger partial charge < -0.3 is 47.8 Å². The van der Waals surface area contributed by atoms with Crippen LogP contribution in [0.1, 0.15) is 130 Å². The summed E-state index contributed by atoms with van der Waals surface area (Å²) < 4.78 is 51.9. The first kappa shape index (κ1) is 49.0. The molecule has 16 heteroatoms. The molecule has 0 amide bonds. The summed E-state index contributed by atoms with van der Waals surface area (Å²) in [6.07, 6.45) is 13.8. The SMILES string of the molecule is CC1CC/C=C\C=C\CCC(O)CC(=O)CC2CCC(C)C3(O2)O[B-]24OC(C(=O)O1)C1(OC(CCC1C)CC(=O)CC(O)CC/C=C/C=C\CCC(C)OC(=O)C3O2)O4.[Na+]. The average Bonchev–Trinajstić information content (AvgIpc) is 3.66. The van der Waals surface area contributed by atoms with Crippen LogP contribution in [0, 0.1) is 11.8 Å². The third kappa shape index (κ3) is 12.2. The van der Waals surface area contributed by atoms with Crippen LogP contribution < -0.4 is 29.6 Å². The van der Waals surface area contributed by atoms with Crippen LogP contribution in [0.5, 0.6) is 0 Å². The van der Waals surface area contributed by atoms with Crippen LogP contribution in [-0.2, 0) is 56.7 Å². The molecule has 12 atom stereocenters. The van der Waals surface area contributed by atoms with Crippen LogP contribution in [0.2, 0.25) is 0 Å². The molecule has 6 rings (SSSR count). The van der Waals surface area contributed by atoms with Crippen molar-refractivity contribution in [3.63, 3.8) is 0 Å². The summed E-state index contributed by atoms with van der Waals surface area (Å²) in [5, 5.41) is 21.4. The number of aliphatic hydroxyl groups excluding tert-OH is 2. The standard InChI is InChI=1S/C44H64BO14.Na/c1-29-21-23-37-27-35(48)25-33(46)19-15-11-8-6-10-14-18-32(4)53-42(51)40-44-30(2)22-24-38(55-44)28-36(49)26-34(47)20-16-12-7-5-9-13-17-31(3)52-41(50)39-43(29,54-37)58-45(56-39,57-40)59-44;/h5-12,29-34,37-40,46-47H,13-28H2,1-4H3;/q-1;+1/b9-5-,10-6-,11-8+,12-7+;. The summed E-state index contributed by atoms with van der Waals surface area (Å²) in [5.41, 5.74) is 0. The molecule has 328 valence electrons. The van der Waals surface area contributed by atoms with Crippen molar-refractivity contribution in [2.75, 3.05) is 0 Å². The first-order valence-corrected chi connectivity index (χ1v) is 21.9. The van der Waals surface area contributed by atoms with Crippen LogP contribution in [-0.4, -0.2) is 101 Å². The summed E-state index contributed by atoms with van der Waals surface area (Å²) >= 11 is 0. The first-order chi connectivity index (χ1) is 28.2. The molecule has 4 fully saturated rings.